The normalized spacial score (nSPS) is 11.5. The van der Waals surface area contributed by atoms with E-state index in [1.165, 1.54) is 0 Å². The van der Waals surface area contributed by atoms with E-state index in [0.29, 0.717) is 23.8 Å². The van der Waals surface area contributed by atoms with Crippen LogP contribution in [0.4, 0.5) is 11.5 Å². The van der Waals surface area contributed by atoms with Crippen LogP contribution in [0, 0.1) is 0 Å². The number of ether oxygens (including phenoxy) is 1. The molecule has 1 aromatic carbocycles. The lowest BCUT2D eigenvalue weighted by atomic mass is 10.3. The quantitative estimate of drug-likeness (QED) is 0.727. The molecule has 1 amide bonds. The third-order valence-corrected chi connectivity index (χ3v) is 2.74. The molecule has 0 bridgehead atoms. The highest BCUT2D eigenvalue weighted by atomic mass is 16.5. The van der Waals surface area contributed by atoms with Gasteiger partial charge in [0.25, 0.3) is 5.91 Å². The molecule has 0 spiro atoms. The summed E-state index contributed by atoms with van der Waals surface area (Å²) in [4.78, 5) is 15.9. The van der Waals surface area contributed by atoms with Gasteiger partial charge in [0.15, 0.2) is 6.61 Å². The van der Waals surface area contributed by atoms with Crippen molar-refractivity contribution in [3.63, 3.8) is 0 Å². The number of carbonyl (C=O) groups excluding carboxylic acids is 1. The van der Waals surface area contributed by atoms with Crippen LogP contribution in [0.2, 0.25) is 0 Å². The lowest BCUT2D eigenvalue weighted by Gasteiger charge is -2.09. The summed E-state index contributed by atoms with van der Waals surface area (Å²) in [6.45, 7) is 2.05. The maximum atomic E-state index is 11.8. The monoisotopic (exact) mass is 301 g/mol. The molecular weight excluding hydrogens is 282 g/mol. The lowest BCUT2D eigenvalue weighted by molar-refractivity contribution is -0.118. The fraction of sp³-hybridized carbons (Fsp3) is 0.250. The van der Waals surface area contributed by atoms with Crippen LogP contribution in [0.5, 0.6) is 5.75 Å². The third kappa shape index (κ3) is 5.41. The van der Waals surface area contributed by atoms with Gasteiger partial charge in [-0.2, -0.15) is 0 Å². The maximum Gasteiger partial charge on any atom is 0.262 e. The van der Waals surface area contributed by atoms with Gasteiger partial charge in [-0.3, -0.25) is 4.79 Å². The van der Waals surface area contributed by atoms with Crippen molar-refractivity contribution in [2.75, 3.05) is 23.8 Å². The number of pyridine rings is 1. The Morgan fingerprint density at radius 3 is 2.68 bits per heavy atom. The second-order valence-corrected chi connectivity index (χ2v) is 4.81. The van der Waals surface area contributed by atoms with Crippen LogP contribution < -0.4 is 15.4 Å². The zero-order valence-electron chi connectivity index (χ0n) is 12.3. The second-order valence-electron chi connectivity index (χ2n) is 4.81. The summed E-state index contributed by atoms with van der Waals surface area (Å²) in [5, 5.41) is 14.9. The van der Waals surface area contributed by atoms with E-state index in [9.17, 15) is 9.90 Å². The highest BCUT2D eigenvalue weighted by molar-refractivity contribution is 5.91. The fourth-order valence-electron chi connectivity index (χ4n) is 1.69. The first kappa shape index (κ1) is 15.8. The summed E-state index contributed by atoms with van der Waals surface area (Å²) in [5.74, 6) is 1.03. The van der Waals surface area contributed by atoms with Gasteiger partial charge in [0.2, 0.25) is 0 Å². The topological polar surface area (TPSA) is 83.5 Å². The van der Waals surface area contributed by atoms with Gasteiger partial charge in [-0.25, -0.2) is 4.98 Å². The molecule has 1 aromatic heterocycles. The number of nitrogens with zero attached hydrogens (tertiary/aromatic N) is 1. The zero-order chi connectivity index (χ0) is 15.8. The number of rotatable bonds is 7. The molecule has 0 fully saturated rings. The van der Waals surface area contributed by atoms with Crippen molar-refractivity contribution in [1.29, 1.82) is 0 Å². The number of benzene rings is 1. The molecule has 6 heteroatoms. The van der Waals surface area contributed by atoms with Gasteiger partial charge >= 0.3 is 0 Å². The number of para-hydroxylation sites is 1. The van der Waals surface area contributed by atoms with Crippen LogP contribution in [0.15, 0.2) is 48.7 Å². The SMILES string of the molecule is CC(O)CNc1ccc(NC(=O)COc2ccccc2)cn1. The van der Waals surface area contributed by atoms with E-state index in [1.54, 1.807) is 37.4 Å². The molecule has 2 rings (SSSR count). The van der Waals surface area contributed by atoms with E-state index >= 15 is 0 Å². The lowest BCUT2D eigenvalue weighted by Crippen LogP contribution is -2.20. The summed E-state index contributed by atoms with van der Waals surface area (Å²) in [6.07, 6.45) is 1.10. The summed E-state index contributed by atoms with van der Waals surface area (Å²) in [7, 11) is 0. The number of hydrogen-bond acceptors (Lipinski definition) is 5. The van der Waals surface area contributed by atoms with Gasteiger partial charge in [-0.15, -0.1) is 0 Å². The number of aromatic nitrogens is 1. The van der Waals surface area contributed by atoms with Crippen molar-refractivity contribution in [2.24, 2.45) is 0 Å². The first-order valence-corrected chi connectivity index (χ1v) is 6.99. The van der Waals surface area contributed by atoms with E-state index in [1.807, 2.05) is 18.2 Å². The van der Waals surface area contributed by atoms with E-state index in [4.69, 9.17) is 4.74 Å². The number of aliphatic hydroxyl groups is 1. The minimum atomic E-state index is -0.448. The summed E-state index contributed by atoms with van der Waals surface area (Å²) < 4.78 is 5.36. The number of anilines is 2. The van der Waals surface area contributed by atoms with Gasteiger partial charge in [0, 0.05) is 6.54 Å². The van der Waals surface area contributed by atoms with Gasteiger partial charge in [0.1, 0.15) is 11.6 Å². The Kier molecular flexibility index (Phi) is 5.73. The number of hydrogen-bond donors (Lipinski definition) is 3. The minimum absolute atomic E-state index is 0.0635. The van der Waals surface area contributed by atoms with Crippen LogP contribution in [0.1, 0.15) is 6.92 Å². The molecule has 22 heavy (non-hydrogen) atoms. The Morgan fingerprint density at radius 2 is 2.05 bits per heavy atom. The number of nitrogens with one attached hydrogen (secondary N) is 2. The zero-order valence-corrected chi connectivity index (χ0v) is 12.3. The Labute approximate surface area is 129 Å². The van der Waals surface area contributed by atoms with E-state index in [-0.39, 0.29) is 12.5 Å². The molecule has 2 aromatic rings. The third-order valence-electron chi connectivity index (χ3n) is 2.74. The molecule has 1 heterocycles. The molecule has 6 nitrogen and oxygen atoms in total. The highest BCUT2D eigenvalue weighted by Crippen LogP contribution is 2.11. The number of aliphatic hydroxyl groups excluding tert-OH is 1. The van der Waals surface area contributed by atoms with Crippen LogP contribution in [0.25, 0.3) is 0 Å². The summed E-state index contributed by atoms with van der Waals surface area (Å²) in [5.41, 5.74) is 0.587. The molecule has 3 N–H and O–H groups in total. The molecule has 0 saturated heterocycles. The Bertz CT molecular complexity index is 585. The number of carbonyl (C=O) groups is 1. The van der Waals surface area contributed by atoms with Crippen LogP contribution in [0.3, 0.4) is 0 Å². The number of amides is 1. The largest absolute Gasteiger partial charge is 0.484 e. The first-order valence-electron chi connectivity index (χ1n) is 6.99. The van der Waals surface area contributed by atoms with Crippen molar-refractivity contribution in [2.45, 2.75) is 13.0 Å². The van der Waals surface area contributed by atoms with E-state index < -0.39 is 6.10 Å². The second kappa shape index (κ2) is 7.99. The molecule has 0 aliphatic rings. The Hall–Kier alpha value is -2.60. The standard InChI is InChI=1S/C16H19N3O3/c1-12(20)9-17-15-8-7-13(10-18-15)19-16(21)11-22-14-5-3-2-4-6-14/h2-8,10,12,20H,9,11H2,1H3,(H,17,18)(H,19,21). The predicted molar refractivity (Wildman–Crippen MR) is 85.0 cm³/mol. The van der Waals surface area contributed by atoms with Gasteiger partial charge < -0.3 is 20.5 Å². The van der Waals surface area contributed by atoms with Gasteiger partial charge in [-0.1, -0.05) is 18.2 Å². The van der Waals surface area contributed by atoms with Crippen LogP contribution in [-0.4, -0.2) is 35.3 Å². The van der Waals surface area contributed by atoms with Crippen molar-refractivity contribution >= 4 is 17.4 Å². The smallest absolute Gasteiger partial charge is 0.262 e. The van der Waals surface area contributed by atoms with E-state index in [2.05, 4.69) is 15.6 Å². The molecule has 1 unspecified atom stereocenters. The average Bonchev–Trinajstić information content (AvgIpc) is 2.53. The van der Waals surface area contributed by atoms with Crippen molar-refractivity contribution in [3.8, 4) is 5.75 Å². The van der Waals surface area contributed by atoms with Crippen LogP contribution in [-0.2, 0) is 4.79 Å². The van der Waals surface area contributed by atoms with Crippen molar-refractivity contribution in [3.05, 3.63) is 48.7 Å². The molecule has 0 radical (unpaired) electrons. The molecule has 116 valence electrons. The fourth-order valence-corrected chi connectivity index (χ4v) is 1.69. The molecule has 1 atom stereocenters. The van der Waals surface area contributed by atoms with Crippen molar-refractivity contribution in [1.82, 2.24) is 4.98 Å². The predicted octanol–water partition coefficient (Wildman–Crippen LogP) is 1.89. The maximum absolute atomic E-state index is 11.8. The summed E-state index contributed by atoms with van der Waals surface area (Å²) in [6, 6.07) is 12.6. The molecular formula is C16H19N3O3. The van der Waals surface area contributed by atoms with Gasteiger partial charge in [-0.05, 0) is 31.2 Å². The molecule has 0 saturated carbocycles. The van der Waals surface area contributed by atoms with Crippen LogP contribution >= 0.6 is 0 Å². The first-order chi connectivity index (χ1) is 10.6. The van der Waals surface area contributed by atoms with E-state index in [0.717, 1.165) is 0 Å². The Balaban J connectivity index is 1.79. The van der Waals surface area contributed by atoms with Crippen molar-refractivity contribution < 1.29 is 14.6 Å². The molecule has 0 aliphatic carbocycles. The van der Waals surface area contributed by atoms with Gasteiger partial charge in [0.05, 0.1) is 18.0 Å². The summed E-state index contributed by atoms with van der Waals surface area (Å²) >= 11 is 0. The average molecular weight is 301 g/mol. The minimum Gasteiger partial charge on any atom is -0.484 e. The molecule has 0 aliphatic heterocycles. The highest BCUT2D eigenvalue weighted by Gasteiger charge is 2.04. The Morgan fingerprint density at radius 1 is 1.27 bits per heavy atom.